The smallest absolute Gasteiger partial charge is 0.325 e. The zero-order valence-corrected chi connectivity index (χ0v) is 15.7. The number of hydrogen-bond donors (Lipinski definition) is 3. The monoisotopic (exact) mass is 403 g/mol. The number of amides is 3. The summed E-state index contributed by atoms with van der Waals surface area (Å²) < 4.78 is 4.44. The van der Waals surface area contributed by atoms with Crippen molar-refractivity contribution < 1.29 is 23.9 Å². The van der Waals surface area contributed by atoms with Gasteiger partial charge in [-0.25, -0.2) is 0 Å². The number of anilines is 1. The van der Waals surface area contributed by atoms with Gasteiger partial charge in [0.05, 0.1) is 24.2 Å². The molecule has 0 aromatic heterocycles. The van der Waals surface area contributed by atoms with Crippen molar-refractivity contribution in [2.24, 2.45) is 0 Å². The van der Waals surface area contributed by atoms with Gasteiger partial charge in [0, 0.05) is 11.3 Å². The lowest BCUT2D eigenvalue weighted by molar-refractivity contribution is -0.139. The molecule has 0 heterocycles. The Morgan fingerprint density at radius 1 is 0.893 bits per heavy atom. The summed E-state index contributed by atoms with van der Waals surface area (Å²) in [6.45, 7) is -0.482. The number of ether oxygens (including phenoxy) is 1. The number of nitrogens with one attached hydrogen (secondary N) is 3. The van der Waals surface area contributed by atoms with Crippen molar-refractivity contribution in [3.8, 4) is 0 Å². The van der Waals surface area contributed by atoms with Crippen LogP contribution in [0.5, 0.6) is 0 Å². The van der Waals surface area contributed by atoms with Crippen molar-refractivity contribution in [3.63, 3.8) is 0 Å². The summed E-state index contributed by atoms with van der Waals surface area (Å²) in [5, 5.41) is 7.77. The van der Waals surface area contributed by atoms with Gasteiger partial charge in [0.25, 0.3) is 11.8 Å². The Hall–Kier alpha value is -3.39. The molecule has 0 spiro atoms. The highest BCUT2D eigenvalue weighted by atomic mass is 35.5. The molecular weight excluding hydrogens is 386 g/mol. The fraction of sp³-hybridized carbons (Fsp3) is 0.158. The third kappa shape index (κ3) is 6.10. The summed E-state index contributed by atoms with van der Waals surface area (Å²) in [5.41, 5.74) is 1.04. The fourth-order valence-electron chi connectivity index (χ4n) is 2.14. The van der Waals surface area contributed by atoms with Crippen molar-refractivity contribution in [3.05, 3.63) is 64.7 Å². The van der Waals surface area contributed by atoms with Crippen molar-refractivity contribution in [1.29, 1.82) is 0 Å². The van der Waals surface area contributed by atoms with E-state index in [1.165, 1.54) is 31.4 Å². The first-order valence-corrected chi connectivity index (χ1v) is 8.56. The standard InChI is InChI=1S/C19H18ClN3O5/c1-28-17(25)11-22-18(26)12-6-8-13(9-7-12)23-16(24)10-21-19(27)14-4-2-3-5-15(14)20/h2-9H,10-11H2,1H3,(H,21,27)(H,22,26)(H,23,24). The predicted octanol–water partition coefficient (Wildman–Crippen LogP) is 1.61. The highest BCUT2D eigenvalue weighted by Crippen LogP contribution is 2.14. The van der Waals surface area contributed by atoms with E-state index in [4.69, 9.17) is 11.6 Å². The third-order valence-corrected chi connectivity index (χ3v) is 3.91. The molecule has 0 aliphatic carbocycles. The average Bonchev–Trinajstić information content (AvgIpc) is 2.70. The van der Waals surface area contributed by atoms with Crippen LogP contribution in [0.2, 0.25) is 5.02 Å². The number of halogens is 1. The summed E-state index contributed by atoms with van der Waals surface area (Å²) in [5.74, 6) is -1.91. The number of methoxy groups -OCH3 is 1. The average molecular weight is 404 g/mol. The molecule has 0 saturated carbocycles. The van der Waals surface area contributed by atoms with E-state index in [1.54, 1.807) is 24.3 Å². The molecule has 0 aliphatic heterocycles. The summed E-state index contributed by atoms with van der Waals surface area (Å²) >= 11 is 5.93. The van der Waals surface area contributed by atoms with Gasteiger partial charge in [0.15, 0.2) is 0 Å². The number of esters is 1. The maximum Gasteiger partial charge on any atom is 0.325 e. The van der Waals surface area contributed by atoms with Gasteiger partial charge in [0.2, 0.25) is 5.91 Å². The van der Waals surface area contributed by atoms with Gasteiger partial charge in [0.1, 0.15) is 6.54 Å². The SMILES string of the molecule is COC(=O)CNC(=O)c1ccc(NC(=O)CNC(=O)c2ccccc2Cl)cc1. The van der Waals surface area contributed by atoms with E-state index >= 15 is 0 Å². The van der Waals surface area contributed by atoms with E-state index in [-0.39, 0.29) is 18.7 Å². The van der Waals surface area contributed by atoms with Crippen molar-refractivity contribution in [2.45, 2.75) is 0 Å². The van der Waals surface area contributed by atoms with E-state index in [1.807, 2.05) is 0 Å². The van der Waals surface area contributed by atoms with Crippen LogP contribution in [0.3, 0.4) is 0 Å². The lowest BCUT2D eigenvalue weighted by atomic mass is 10.2. The minimum absolute atomic E-state index is 0.237. The van der Waals surface area contributed by atoms with Gasteiger partial charge < -0.3 is 20.7 Å². The first-order chi connectivity index (χ1) is 13.4. The molecule has 0 bridgehead atoms. The van der Waals surface area contributed by atoms with E-state index < -0.39 is 23.7 Å². The first kappa shape index (κ1) is 20.9. The molecule has 3 N–H and O–H groups in total. The van der Waals surface area contributed by atoms with Crippen LogP contribution >= 0.6 is 11.6 Å². The molecule has 28 heavy (non-hydrogen) atoms. The molecule has 0 unspecified atom stereocenters. The first-order valence-electron chi connectivity index (χ1n) is 8.18. The molecule has 0 atom stereocenters. The normalized spacial score (nSPS) is 9.93. The van der Waals surface area contributed by atoms with E-state index in [9.17, 15) is 19.2 Å². The van der Waals surface area contributed by atoms with Crippen molar-refractivity contribution >= 4 is 41.0 Å². The molecule has 8 nitrogen and oxygen atoms in total. The number of rotatable bonds is 7. The summed E-state index contributed by atoms with van der Waals surface area (Å²) in [7, 11) is 1.23. The number of benzene rings is 2. The van der Waals surface area contributed by atoms with Crippen molar-refractivity contribution in [2.75, 3.05) is 25.5 Å². The van der Waals surface area contributed by atoms with Crippen LogP contribution in [0.25, 0.3) is 0 Å². The van der Waals surface area contributed by atoms with Gasteiger partial charge in [-0.1, -0.05) is 23.7 Å². The van der Waals surface area contributed by atoms with E-state index in [0.29, 0.717) is 16.3 Å². The second-order valence-corrected chi connectivity index (χ2v) is 5.95. The maximum absolute atomic E-state index is 12.0. The maximum atomic E-state index is 12.0. The van der Waals surface area contributed by atoms with Crippen molar-refractivity contribution in [1.82, 2.24) is 10.6 Å². The third-order valence-electron chi connectivity index (χ3n) is 3.58. The largest absolute Gasteiger partial charge is 0.468 e. The molecule has 9 heteroatoms. The molecule has 0 aliphatic rings. The molecule has 2 aromatic carbocycles. The van der Waals surface area contributed by atoms with Crippen LogP contribution in [0.4, 0.5) is 5.69 Å². The van der Waals surface area contributed by atoms with Crippen LogP contribution < -0.4 is 16.0 Å². The Balaban J connectivity index is 1.84. The molecular formula is C19H18ClN3O5. The highest BCUT2D eigenvalue weighted by Gasteiger charge is 2.12. The summed E-state index contributed by atoms with van der Waals surface area (Å²) in [4.78, 5) is 46.9. The quantitative estimate of drug-likeness (QED) is 0.608. The van der Waals surface area contributed by atoms with Gasteiger partial charge >= 0.3 is 5.97 Å². The van der Waals surface area contributed by atoms with Crippen LogP contribution in [0.1, 0.15) is 20.7 Å². The van der Waals surface area contributed by atoms with Crippen LogP contribution in [-0.2, 0) is 14.3 Å². The van der Waals surface area contributed by atoms with E-state index in [2.05, 4.69) is 20.7 Å². The fourth-order valence-corrected chi connectivity index (χ4v) is 2.36. The molecule has 0 saturated heterocycles. The Morgan fingerprint density at radius 3 is 2.18 bits per heavy atom. The van der Waals surface area contributed by atoms with Crippen LogP contribution in [0, 0.1) is 0 Å². The second kappa shape index (κ2) is 10.1. The molecule has 2 aromatic rings. The van der Waals surface area contributed by atoms with Gasteiger partial charge in [-0.05, 0) is 36.4 Å². The van der Waals surface area contributed by atoms with Crippen LogP contribution in [-0.4, -0.2) is 43.9 Å². The number of carbonyl (C=O) groups is 4. The Morgan fingerprint density at radius 2 is 1.54 bits per heavy atom. The van der Waals surface area contributed by atoms with Crippen LogP contribution in [0.15, 0.2) is 48.5 Å². The van der Waals surface area contributed by atoms with Gasteiger partial charge in [-0.3, -0.25) is 19.2 Å². The number of carbonyl (C=O) groups excluding carboxylic acids is 4. The minimum atomic E-state index is -0.559. The Bertz CT molecular complexity index is 883. The Labute approximate surface area is 166 Å². The molecule has 2 rings (SSSR count). The molecule has 0 fully saturated rings. The lowest BCUT2D eigenvalue weighted by Crippen LogP contribution is -2.33. The van der Waals surface area contributed by atoms with E-state index in [0.717, 1.165) is 0 Å². The molecule has 146 valence electrons. The zero-order valence-electron chi connectivity index (χ0n) is 15.0. The topological polar surface area (TPSA) is 114 Å². The summed E-state index contributed by atoms with van der Waals surface area (Å²) in [6, 6.07) is 12.5. The van der Waals surface area contributed by atoms with Gasteiger partial charge in [-0.15, -0.1) is 0 Å². The zero-order chi connectivity index (χ0) is 20.5. The second-order valence-electron chi connectivity index (χ2n) is 5.55. The highest BCUT2D eigenvalue weighted by molar-refractivity contribution is 6.33. The molecule has 0 radical (unpaired) electrons. The Kier molecular flexibility index (Phi) is 7.53. The van der Waals surface area contributed by atoms with Gasteiger partial charge in [-0.2, -0.15) is 0 Å². The number of hydrogen-bond acceptors (Lipinski definition) is 5. The predicted molar refractivity (Wildman–Crippen MR) is 103 cm³/mol. The minimum Gasteiger partial charge on any atom is -0.468 e. The molecule has 3 amide bonds. The lowest BCUT2D eigenvalue weighted by Gasteiger charge is -2.09. The summed E-state index contributed by atoms with van der Waals surface area (Å²) in [6.07, 6.45) is 0.